The van der Waals surface area contributed by atoms with Crippen molar-refractivity contribution in [3.8, 4) is 0 Å². The average molecular weight is 445 g/mol. The van der Waals surface area contributed by atoms with Crippen molar-refractivity contribution in [3.63, 3.8) is 0 Å². The number of nitrogens with one attached hydrogen (secondary N) is 1. The van der Waals surface area contributed by atoms with E-state index in [2.05, 4.69) is 20.3 Å². The number of amides is 1. The number of halogens is 2. The number of aromatic amines is 1. The molecule has 1 aliphatic carbocycles. The molecule has 0 spiro atoms. The van der Waals surface area contributed by atoms with E-state index in [4.69, 9.17) is 11.6 Å². The van der Waals surface area contributed by atoms with E-state index >= 15 is 0 Å². The zero-order chi connectivity index (χ0) is 21.5. The van der Waals surface area contributed by atoms with Crippen LogP contribution < -0.4 is 5.56 Å². The highest BCUT2D eigenvalue weighted by Gasteiger charge is 2.32. The van der Waals surface area contributed by atoms with Crippen LogP contribution in [0.5, 0.6) is 0 Å². The van der Waals surface area contributed by atoms with E-state index in [0.29, 0.717) is 24.6 Å². The Balaban J connectivity index is 1.39. The number of likely N-dealkylation sites (tertiary alicyclic amines) is 1. The number of rotatable bonds is 4. The lowest BCUT2D eigenvalue weighted by atomic mass is 9.83. The molecule has 0 radical (unpaired) electrons. The van der Waals surface area contributed by atoms with Crippen LogP contribution in [0.1, 0.15) is 49.4 Å². The lowest BCUT2D eigenvalue weighted by Gasteiger charge is -2.36. The zero-order valence-corrected chi connectivity index (χ0v) is 17.6. The maximum atomic E-state index is 14.2. The van der Waals surface area contributed by atoms with Gasteiger partial charge < -0.3 is 9.88 Å². The maximum Gasteiger partial charge on any atom is 0.281 e. The summed E-state index contributed by atoms with van der Waals surface area (Å²) in [7, 11) is 0. The number of carbonyl (C=O) groups is 1. The van der Waals surface area contributed by atoms with E-state index in [1.54, 1.807) is 6.07 Å². The van der Waals surface area contributed by atoms with E-state index in [1.807, 2.05) is 4.90 Å². The fourth-order valence-corrected chi connectivity index (χ4v) is 4.53. The summed E-state index contributed by atoms with van der Waals surface area (Å²) >= 11 is 6.14. The molecular formula is C21H22ClFN6O2. The summed E-state index contributed by atoms with van der Waals surface area (Å²) in [4.78, 5) is 34.4. The van der Waals surface area contributed by atoms with E-state index < -0.39 is 5.82 Å². The lowest BCUT2D eigenvalue weighted by Crippen LogP contribution is -2.43. The Labute approximate surface area is 182 Å². The third-order valence-corrected chi connectivity index (χ3v) is 6.76. The van der Waals surface area contributed by atoms with Gasteiger partial charge >= 0.3 is 0 Å². The minimum Gasteiger partial charge on any atom is -0.342 e. The Bertz CT molecular complexity index is 1180. The van der Waals surface area contributed by atoms with Crippen LogP contribution in [0.4, 0.5) is 4.39 Å². The third kappa shape index (κ3) is 3.71. The molecule has 31 heavy (non-hydrogen) atoms. The minimum absolute atomic E-state index is 0.0201. The highest BCUT2D eigenvalue weighted by atomic mass is 35.5. The topological polar surface area (TPSA) is 96.8 Å². The minimum atomic E-state index is -0.454. The van der Waals surface area contributed by atoms with Gasteiger partial charge in [0.05, 0.1) is 6.54 Å². The quantitative estimate of drug-likeness (QED) is 0.667. The number of hydrogen-bond donors (Lipinski definition) is 1. The van der Waals surface area contributed by atoms with E-state index in [0.717, 1.165) is 32.1 Å². The van der Waals surface area contributed by atoms with Gasteiger partial charge in [0.25, 0.3) is 5.56 Å². The summed E-state index contributed by atoms with van der Waals surface area (Å²) < 4.78 is 15.6. The van der Waals surface area contributed by atoms with Crippen molar-refractivity contribution < 1.29 is 9.18 Å². The molecule has 2 fully saturated rings. The molecule has 3 aromatic rings. The standard InChI is InChI=1S/C21H22ClFN6O2/c22-15-5-2-6-16(23)14(15)11-29-19-17(26-27-29)20(30)25-18(24-19)12-7-9-28(10-8-12)21(31)13-3-1-4-13/h2,5-6,12-13H,1,3-4,7-11H2,(H,24,25,30). The van der Waals surface area contributed by atoms with Gasteiger partial charge in [-0.1, -0.05) is 29.3 Å². The SMILES string of the molecule is O=C(C1CCC1)N1CCC(c2nc3c(nnn3Cc3c(F)cccc3Cl)c(=O)[nH]2)CC1. The molecule has 10 heteroatoms. The highest BCUT2D eigenvalue weighted by Crippen LogP contribution is 2.32. The maximum absolute atomic E-state index is 14.2. The van der Waals surface area contributed by atoms with Gasteiger partial charge in [0.15, 0.2) is 11.2 Å². The molecule has 2 aromatic heterocycles. The molecular weight excluding hydrogens is 423 g/mol. The van der Waals surface area contributed by atoms with Crippen LogP contribution in [0.25, 0.3) is 11.2 Å². The van der Waals surface area contributed by atoms with Crippen molar-refractivity contribution in [1.82, 2.24) is 29.9 Å². The Morgan fingerprint density at radius 3 is 2.68 bits per heavy atom. The van der Waals surface area contributed by atoms with Crippen molar-refractivity contribution >= 4 is 28.7 Å². The number of H-pyrrole nitrogens is 1. The summed E-state index contributed by atoms with van der Waals surface area (Å²) in [5, 5.41) is 8.19. The largest absolute Gasteiger partial charge is 0.342 e. The summed E-state index contributed by atoms with van der Waals surface area (Å²) in [5.74, 6) is 0.575. The number of carbonyl (C=O) groups excluding carboxylic acids is 1. The number of aromatic nitrogens is 5. The molecule has 5 rings (SSSR count). The monoisotopic (exact) mass is 444 g/mol. The van der Waals surface area contributed by atoms with Crippen LogP contribution in [-0.4, -0.2) is 48.9 Å². The van der Waals surface area contributed by atoms with Crippen molar-refractivity contribution in [2.45, 2.75) is 44.6 Å². The summed E-state index contributed by atoms with van der Waals surface area (Å²) in [6.45, 7) is 1.33. The molecule has 3 heterocycles. The molecule has 2 aliphatic rings. The molecule has 1 amide bonds. The molecule has 1 aromatic carbocycles. The van der Waals surface area contributed by atoms with Crippen LogP contribution in [0.2, 0.25) is 5.02 Å². The normalized spacial score (nSPS) is 17.8. The van der Waals surface area contributed by atoms with Crippen LogP contribution in [0.15, 0.2) is 23.0 Å². The van der Waals surface area contributed by atoms with Gasteiger partial charge in [0, 0.05) is 35.5 Å². The molecule has 1 saturated carbocycles. The summed E-state index contributed by atoms with van der Waals surface area (Å²) in [6.07, 6.45) is 4.58. The van der Waals surface area contributed by atoms with Crippen LogP contribution >= 0.6 is 11.6 Å². The Morgan fingerprint density at radius 2 is 2.00 bits per heavy atom. The first-order valence-corrected chi connectivity index (χ1v) is 10.9. The second-order valence-electron chi connectivity index (χ2n) is 8.30. The Morgan fingerprint density at radius 1 is 1.23 bits per heavy atom. The van der Waals surface area contributed by atoms with Gasteiger partial charge in [0.1, 0.15) is 11.6 Å². The third-order valence-electron chi connectivity index (χ3n) is 6.41. The van der Waals surface area contributed by atoms with Crippen molar-refractivity contribution in [2.75, 3.05) is 13.1 Å². The van der Waals surface area contributed by atoms with Gasteiger partial charge in [-0.15, -0.1) is 5.10 Å². The van der Waals surface area contributed by atoms with Gasteiger partial charge in [-0.25, -0.2) is 14.1 Å². The second-order valence-corrected chi connectivity index (χ2v) is 8.71. The fourth-order valence-electron chi connectivity index (χ4n) is 4.30. The first-order valence-electron chi connectivity index (χ1n) is 10.6. The van der Waals surface area contributed by atoms with Crippen molar-refractivity contribution in [3.05, 3.63) is 50.8 Å². The van der Waals surface area contributed by atoms with Gasteiger partial charge in [0.2, 0.25) is 5.91 Å². The Kier molecular flexibility index (Phi) is 5.21. The number of fused-ring (bicyclic) bond motifs is 1. The highest BCUT2D eigenvalue weighted by molar-refractivity contribution is 6.31. The number of piperidine rings is 1. The molecule has 1 N–H and O–H groups in total. The molecule has 1 saturated heterocycles. The molecule has 162 valence electrons. The van der Waals surface area contributed by atoms with E-state index in [-0.39, 0.29) is 45.9 Å². The predicted octanol–water partition coefficient (Wildman–Crippen LogP) is 2.86. The van der Waals surface area contributed by atoms with Gasteiger partial charge in [-0.05, 0) is 37.8 Å². The van der Waals surface area contributed by atoms with Crippen LogP contribution in [-0.2, 0) is 11.3 Å². The molecule has 0 atom stereocenters. The van der Waals surface area contributed by atoms with Gasteiger partial charge in [-0.3, -0.25) is 9.59 Å². The average Bonchev–Trinajstić information content (AvgIpc) is 3.13. The van der Waals surface area contributed by atoms with Crippen LogP contribution in [0.3, 0.4) is 0 Å². The zero-order valence-electron chi connectivity index (χ0n) is 16.9. The van der Waals surface area contributed by atoms with Crippen molar-refractivity contribution in [2.24, 2.45) is 5.92 Å². The number of hydrogen-bond acceptors (Lipinski definition) is 5. The number of benzene rings is 1. The number of nitrogens with zero attached hydrogens (tertiary/aromatic N) is 5. The predicted molar refractivity (Wildman–Crippen MR) is 112 cm³/mol. The Hall–Kier alpha value is -2.81. The lowest BCUT2D eigenvalue weighted by molar-refractivity contribution is -0.139. The fraction of sp³-hybridized carbons (Fsp3) is 0.476. The molecule has 8 nitrogen and oxygen atoms in total. The molecule has 0 unspecified atom stereocenters. The molecule has 0 bridgehead atoms. The van der Waals surface area contributed by atoms with E-state index in [9.17, 15) is 14.0 Å². The van der Waals surface area contributed by atoms with Crippen molar-refractivity contribution in [1.29, 1.82) is 0 Å². The molecule has 1 aliphatic heterocycles. The van der Waals surface area contributed by atoms with E-state index in [1.165, 1.54) is 16.8 Å². The summed E-state index contributed by atoms with van der Waals surface area (Å²) in [5.41, 5.74) is 0.293. The summed E-state index contributed by atoms with van der Waals surface area (Å²) in [6, 6.07) is 4.46. The first-order chi connectivity index (χ1) is 15.0. The smallest absolute Gasteiger partial charge is 0.281 e. The van der Waals surface area contributed by atoms with Crippen LogP contribution in [0, 0.1) is 11.7 Å². The first kappa shape index (κ1) is 20.1. The van der Waals surface area contributed by atoms with Gasteiger partial charge in [-0.2, -0.15) is 0 Å². The second kappa shape index (κ2) is 8.03.